The van der Waals surface area contributed by atoms with Crippen molar-refractivity contribution >= 4 is 33.8 Å². The molecule has 162 valence electrons. The van der Waals surface area contributed by atoms with E-state index >= 15 is 0 Å². The lowest BCUT2D eigenvalue weighted by Crippen LogP contribution is -2.25. The molecule has 0 bridgehead atoms. The fourth-order valence-corrected chi connectivity index (χ4v) is 4.43. The van der Waals surface area contributed by atoms with Crippen LogP contribution in [-0.2, 0) is 11.2 Å². The van der Waals surface area contributed by atoms with Crippen LogP contribution >= 0.6 is 11.3 Å². The molecule has 0 aliphatic carbocycles. The van der Waals surface area contributed by atoms with Gasteiger partial charge >= 0.3 is 0 Å². The van der Waals surface area contributed by atoms with E-state index in [-0.39, 0.29) is 12.5 Å². The highest BCUT2D eigenvalue weighted by Crippen LogP contribution is 2.34. The van der Waals surface area contributed by atoms with Crippen LogP contribution in [0.3, 0.4) is 0 Å². The molecule has 2 heterocycles. The summed E-state index contributed by atoms with van der Waals surface area (Å²) in [4.78, 5) is 16.3. The number of aromatic nitrogens is 1. The Balaban J connectivity index is 1.32. The van der Waals surface area contributed by atoms with Crippen LogP contribution in [0.4, 0.5) is 16.5 Å². The van der Waals surface area contributed by atoms with Gasteiger partial charge in [-0.1, -0.05) is 51.2 Å². The van der Waals surface area contributed by atoms with Gasteiger partial charge in [-0.15, -0.1) is 11.3 Å². The molecule has 3 aromatic rings. The van der Waals surface area contributed by atoms with Gasteiger partial charge in [0.05, 0.1) is 11.4 Å². The van der Waals surface area contributed by atoms with Crippen molar-refractivity contribution in [3.63, 3.8) is 0 Å². The minimum absolute atomic E-state index is 0.0643. The molecular weight excluding hydrogens is 406 g/mol. The summed E-state index contributed by atoms with van der Waals surface area (Å²) in [7, 11) is 0. The number of nitrogens with zero attached hydrogens (tertiary/aromatic N) is 1. The Morgan fingerprint density at radius 2 is 1.87 bits per heavy atom. The topological polar surface area (TPSA) is 63.2 Å². The summed E-state index contributed by atoms with van der Waals surface area (Å²) in [6.07, 6.45) is 9.10. The van der Waals surface area contributed by atoms with E-state index in [0.29, 0.717) is 11.4 Å². The summed E-state index contributed by atoms with van der Waals surface area (Å²) in [6.45, 7) is 2.32. The number of unbranched alkanes of at least 4 members (excludes halogenated alkanes) is 5. The van der Waals surface area contributed by atoms with Gasteiger partial charge in [0.15, 0.2) is 11.7 Å². The number of thiazole rings is 1. The number of anilines is 3. The first-order chi connectivity index (χ1) is 15.2. The SMILES string of the molecule is CCCCCCCCc1ccc(Nc2nc(-c3ccc4c(c3)NC(=O)CO4)cs2)cc1. The highest BCUT2D eigenvalue weighted by molar-refractivity contribution is 7.14. The Kier molecular flexibility index (Phi) is 7.20. The number of carbonyl (C=O) groups is 1. The number of benzene rings is 2. The fraction of sp³-hybridized carbons (Fsp3) is 0.360. The van der Waals surface area contributed by atoms with E-state index in [1.807, 2.05) is 23.6 Å². The Morgan fingerprint density at radius 1 is 1.06 bits per heavy atom. The molecule has 0 saturated carbocycles. The van der Waals surface area contributed by atoms with Crippen molar-refractivity contribution in [3.8, 4) is 17.0 Å². The average Bonchev–Trinajstić information content (AvgIpc) is 3.25. The molecule has 5 nitrogen and oxygen atoms in total. The number of fused-ring (bicyclic) bond motifs is 1. The molecule has 2 aromatic carbocycles. The second kappa shape index (κ2) is 10.4. The first kappa shape index (κ1) is 21.4. The van der Waals surface area contributed by atoms with Crippen LogP contribution in [0.2, 0.25) is 0 Å². The van der Waals surface area contributed by atoms with Gasteiger partial charge in [-0.25, -0.2) is 4.98 Å². The minimum Gasteiger partial charge on any atom is -0.482 e. The van der Waals surface area contributed by atoms with Gasteiger partial charge in [0.25, 0.3) is 5.91 Å². The standard InChI is InChI=1S/C25H29N3O2S/c1-2-3-4-5-6-7-8-18-9-12-20(13-10-18)26-25-28-22(17-31-25)19-11-14-23-21(15-19)27-24(29)16-30-23/h9-15,17H,2-8,16H2,1H3,(H,26,28)(H,27,29). The number of amides is 1. The number of nitrogens with one attached hydrogen (secondary N) is 2. The van der Waals surface area contributed by atoms with E-state index in [2.05, 4.69) is 41.8 Å². The maximum Gasteiger partial charge on any atom is 0.262 e. The van der Waals surface area contributed by atoms with Crippen LogP contribution in [0, 0.1) is 0 Å². The summed E-state index contributed by atoms with van der Waals surface area (Å²) in [6, 6.07) is 14.4. The third-order valence-electron chi connectivity index (χ3n) is 5.44. The van der Waals surface area contributed by atoms with Crippen LogP contribution in [0.25, 0.3) is 11.3 Å². The molecule has 31 heavy (non-hydrogen) atoms. The van der Waals surface area contributed by atoms with Crippen LogP contribution in [0.1, 0.15) is 51.0 Å². The third-order valence-corrected chi connectivity index (χ3v) is 6.19. The quantitative estimate of drug-likeness (QED) is 0.344. The molecular formula is C25H29N3O2S. The van der Waals surface area contributed by atoms with Crippen molar-refractivity contribution in [2.75, 3.05) is 17.2 Å². The molecule has 1 aliphatic heterocycles. The van der Waals surface area contributed by atoms with Crippen molar-refractivity contribution in [3.05, 3.63) is 53.4 Å². The monoisotopic (exact) mass is 435 g/mol. The molecule has 4 rings (SSSR count). The summed E-state index contributed by atoms with van der Waals surface area (Å²) in [5.74, 6) is 0.559. The fourth-order valence-electron chi connectivity index (χ4n) is 3.69. The lowest BCUT2D eigenvalue weighted by molar-refractivity contribution is -0.118. The Hall–Kier alpha value is -2.86. The molecule has 1 amide bonds. The predicted octanol–water partition coefficient (Wildman–Crippen LogP) is 6.79. The molecule has 0 atom stereocenters. The van der Waals surface area contributed by atoms with Crippen LogP contribution in [0.15, 0.2) is 47.8 Å². The van der Waals surface area contributed by atoms with E-state index in [0.717, 1.165) is 28.5 Å². The van der Waals surface area contributed by atoms with E-state index < -0.39 is 0 Å². The second-order valence-electron chi connectivity index (χ2n) is 7.93. The van der Waals surface area contributed by atoms with Gasteiger partial charge in [-0.05, 0) is 48.7 Å². The van der Waals surface area contributed by atoms with E-state index in [9.17, 15) is 4.79 Å². The highest BCUT2D eigenvalue weighted by Gasteiger charge is 2.17. The average molecular weight is 436 g/mol. The van der Waals surface area contributed by atoms with Gasteiger partial charge in [-0.2, -0.15) is 0 Å². The van der Waals surface area contributed by atoms with E-state index in [1.165, 1.54) is 44.1 Å². The molecule has 1 aliphatic rings. The zero-order valence-electron chi connectivity index (χ0n) is 17.9. The van der Waals surface area contributed by atoms with Crippen molar-refractivity contribution in [1.82, 2.24) is 4.98 Å². The van der Waals surface area contributed by atoms with Crippen molar-refractivity contribution < 1.29 is 9.53 Å². The Morgan fingerprint density at radius 3 is 2.71 bits per heavy atom. The molecule has 0 radical (unpaired) electrons. The Labute approximate surface area is 187 Å². The maximum atomic E-state index is 11.6. The zero-order chi connectivity index (χ0) is 21.5. The molecule has 0 saturated heterocycles. The smallest absolute Gasteiger partial charge is 0.262 e. The number of aryl methyl sites for hydroxylation is 1. The number of rotatable bonds is 10. The van der Waals surface area contributed by atoms with Crippen LogP contribution in [0.5, 0.6) is 5.75 Å². The van der Waals surface area contributed by atoms with Crippen LogP contribution < -0.4 is 15.4 Å². The van der Waals surface area contributed by atoms with Crippen LogP contribution in [-0.4, -0.2) is 17.5 Å². The maximum absolute atomic E-state index is 11.6. The lowest BCUT2D eigenvalue weighted by atomic mass is 10.0. The first-order valence-corrected chi connectivity index (χ1v) is 12.0. The van der Waals surface area contributed by atoms with Gasteiger partial charge < -0.3 is 15.4 Å². The molecule has 0 fully saturated rings. The van der Waals surface area contributed by atoms with Crippen molar-refractivity contribution in [2.24, 2.45) is 0 Å². The summed E-state index contributed by atoms with van der Waals surface area (Å²) in [5.41, 5.74) is 4.94. The largest absolute Gasteiger partial charge is 0.482 e. The van der Waals surface area contributed by atoms with Gasteiger partial charge in [0, 0.05) is 16.6 Å². The molecule has 0 unspecified atom stereocenters. The zero-order valence-corrected chi connectivity index (χ0v) is 18.8. The molecule has 2 N–H and O–H groups in total. The molecule has 0 spiro atoms. The highest BCUT2D eigenvalue weighted by atomic mass is 32.1. The van der Waals surface area contributed by atoms with Crippen molar-refractivity contribution in [2.45, 2.75) is 51.9 Å². The number of hydrogen-bond acceptors (Lipinski definition) is 5. The van der Waals surface area contributed by atoms with E-state index in [4.69, 9.17) is 9.72 Å². The summed E-state index contributed by atoms with van der Waals surface area (Å²) < 4.78 is 5.42. The first-order valence-electron chi connectivity index (χ1n) is 11.1. The minimum atomic E-state index is -0.134. The Bertz CT molecular complexity index is 1010. The third kappa shape index (κ3) is 5.85. The summed E-state index contributed by atoms with van der Waals surface area (Å²) in [5, 5.41) is 9.10. The second-order valence-corrected chi connectivity index (χ2v) is 8.78. The lowest BCUT2D eigenvalue weighted by Gasteiger charge is -2.18. The summed E-state index contributed by atoms with van der Waals surface area (Å²) >= 11 is 1.56. The van der Waals surface area contributed by atoms with Gasteiger partial charge in [0.2, 0.25) is 0 Å². The number of hydrogen-bond donors (Lipinski definition) is 2. The number of ether oxygens (including phenoxy) is 1. The predicted molar refractivity (Wildman–Crippen MR) is 128 cm³/mol. The van der Waals surface area contributed by atoms with Gasteiger partial charge in [0.1, 0.15) is 5.75 Å². The van der Waals surface area contributed by atoms with Crippen molar-refractivity contribution in [1.29, 1.82) is 0 Å². The van der Waals surface area contributed by atoms with E-state index in [1.54, 1.807) is 11.3 Å². The van der Waals surface area contributed by atoms with Gasteiger partial charge in [-0.3, -0.25) is 4.79 Å². The normalized spacial score (nSPS) is 12.7. The molecule has 1 aromatic heterocycles. The molecule has 6 heteroatoms. The number of carbonyl (C=O) groups excluding carboxylic acids is 1.